The van der Waals surface area contributed by atoms with Crippen molar-refractivity contribution in [1.82, 2.24) is 9.80 Å². The number of para-hydroxylation sites is 1. The predicted octanol–water partition coefficient (Wildman–Crippen LogP) is 4.15. The van der Waals surface area contributed by atoms with E-state index < -0.39 is 0 Å². The van der Waals surface area contributed by atoms with Crippen molar-refractivity contribution in [3.05, 3.63) is 58.6 Å². The van der Waals surface area contributed by atoms with Gasteiger partial charge in [0.05, 0.1) is 5.69 Å². The van der Waals surface area contributed by atoms with Gasteiger partial charge in [-0.1, -0.05) is 24.3 Å². The van der Waals surface area contributed by atoms with Crippen molar-refractivity contribution in [2.24, 2.45) is 0 Å². The summed E-state index contributed by atoms with van der Waals surface area (Å²) in [7, 11) is 0. The van der Waals surface area contributed by atoms with E-state index in [9.17, 15) is 9.59 Å². The fourth-order valence-electron chi connectivity index (χ4n) is 3.24. The zero-order valence-corrected chi connectivity index (χ0v) is 17.5. The highest BCUT2D eigenvalue weighted by Gasteiger charge is 2.19. The molecule has 0 aromatic heterocycles. The molecule has 6 nitrogen and oxygen atoms in total. The van der Waals surface area contributed by atoms with Crippen LogP contribution in [-0.4, -0.2) is 47.9 Å². The Morgan fingerprint density at radius 3 is 2.43 bits per heavy atom. The smallest absolute Gasteiger partial charge is 0.321 e. The van der Waals surface area contributed by atoms with Crippen LogP contribution in [0.15, 0.2) is 53.0 Å². The third kappa shape index (κ3) is 5.81. The van der Waals surface area contributed by atoms with Gasteiger partial charge in [-0.05, 0) is 52.2 Å². The molecule has 3 amide bonds. The minimum atomic E-state index is -0.0684. The summed E-state index contributed by atoms with van der Waals surface area (Å²) in [5.74, 6) is -0.0684. The number of urea groups is 1. The van der Waals surface area contributed by atoms with Gasteiger partial charge >= 0.3 is 6.03 Å². The molecule has 0 bridgehead atoms. The molecule has 2 N–H and O–H groups in total. The zero-order chi connectivity index (χ0) is 19.9. The lowest BCUT2D eigenvalue weighted by Crippen LogP contribution is -2.38. The Bertz CT molecular complexity index is 825. The number of hydrogen-bond acceptors (Lipinski definition) is 3. The summed E-state index contributed by atoms with van der Waals surface area (Å²) in [4.78, 5) is 28.0. The van der Waals surface area contributed by atoms with Gasteiger partial charge in [-0.2, -0.15) is 0 Å². The van der Waals surface area contributed by atoms with Crippen molar-refractivity contribution in [2.75, 3.05) is 36.8 Å². The largest absolute Gasteiger partial charge is 0.326 e. The van der Waals surface area contributed by atoms with Crippen molar-refractivity contribution >= 4 is 39.2 Å². The van der Waals surface area contributed by atoms with Crippen LogP contribution in [0.2, 0.25) is 0 Å². The molecule has 3 rings (SSSR count). The molecule has 0 radical (unpaired) electrons. The highest BCUT2D eigenvalue weighted by Crippen LogP contribution is 2.22. The Morgan fingerprint density at radius 2 is 1.71 bits per heavy atom. The maximum Gasteiger partial charge on any atom is 0.321 e. The van der Waals surface area contributed by atoms with Crippen LogP contribution in [0.3, 0.4) is 0 Å². The number of carbonyl (C=O) groups is 2. The van der Waals surface area contributed by atoms with Gasteiger partial charge in [0.1, 0.15) is 0 Å². The van der Waals surface area contributed by atoms with Gasteiger partial charge in [0.25, 0.3) is 0 Å². The van der Waals surface area contributed by atoms with Crippen LogP contribution in [0, 0.1) is 0 Å². The van der Waals surface area contributed by atoms with E-state index in [1.807, 2.05) is 53.4 Å². The number of carbonyl (C=O) groups excluding carboxylic acids is 2. The van der Waals surface area contributed by atoms with Crippen LogP contribution in [0.5, 0.6) is 0 Å². The predicted molar refractivity (Wildman–Crippen MR) is 115 cm³/mol. The molecular weight excluding hydrogens is 420 g/mol. The molecular formula is C21H25BrN4O2. The molecule has 2 aromatic carbocycles. The number of halogens is 1. The van der Waals surface area contributed by atoms with Gasteiger partial charge in [-0.3, -0.25) is 9.69 Å². The molecule has 0 unspecified atom stereocenters. The summed E-state index contributed by atoms with van der Waals surface area (Å²) < 4.78 is 0.877. The van der Waals surface area contributed by atoms with Crippen LogP contribution in [0.4, 0.5) is 16.2 Å². The van der Waals surface area contributed by atoms with Gasteiger partial charge in [-0.15, -0.1) is 0 Å². The van der Waals surface area contributed by atoms with Crippen LogP contribution >= 0.6 is 15.9 Å². The molecule has 28 heavy (non-hydrogen) atoms. The van der Waals surface area contributed by atoms with Gasteiger partial charge in [0, 0.05) is 49.8 Å². The van der Waals surface area contributed by atoms with Gasteiger partial charge < -0.3 is 15.5 Å². The van der Waals surface area contributed by atoms with E-state index in [1.54, 1.807) is 0 Å². The highest BCUT2D eigenvalue weighted by molar-refractivity contribution is 9.10. The normalized spacial score (nSPS) is 15.0. The minimum absolute atomic E-state index is 0.0617. The number of rotatable bonds is 4. The first-order chi connectivity index (χ1) is 13.5. The number of amides is 3. The van der Waals surface area contributed by atoms with E-state index in [0.29, 0.717) is 6.54 Å². The second kappa shape index (κ2) is 9.71. The Balaban J connectivity index is 1.52. The van der Waals surface area contributed by atoms with Crippen LogP contribution in [0.25, 0.3) is 0 Å². The summed E-state index contributed by atoms with van der Waals surface area (Å²) in [6.07, 6.45) is 0.938. The first-order valence-electron chi connectivity index (χ1n) is 9.40. The number of hydrogen-bond donors (Lipinski definition) is 2. The Morgan fingerprint density at radius 1 is 0.964 bits per heavy atom. The maximum atomic E-state index is 12.6. The molecule has 0 atom stereocenters. The molecule has 7 heteroatoms. The topological polar surface area (TPSA) is 64.7 Å². The molecule has 1 fully saturated rings. The summed E-state index contributed by atoms with van der Waals surface area (Å²) in [5, 5.41) is 5.76. The first-order valence-corrected chi connectivity index (χ1v) is 10.2. The molecule has 1 aliphatic rings. The quantitative estimate of drug-likeness (QED) is 0.744. The summed E-state index contributed by atoms with van der Waals surface area (Å²) >= 11 is 3.46. The van der Waals surface area contributed by atoms with Crippen molar-refractivity contribution in [2.45, 2.75) is 19.9 Å². The van der Waals surface area contributed by atoms with Gasteiger partial charge in [0.2, 0.25) is 5.91 Å². The second-order valence-corrected chi connectivity index (χ2v) is 7.76. The monoisotopic (exact) mass is 444 g/mol. The molecule has 148 valence electrons. The summed E-state index contributed by atoms with van der Waals surface area (Å²) in [6.45, 7) is 5.56. The van der Waals surface area contributed by atoms with E-state index in [-0.39, 0.29) is 11.9 Å². The van der Waals surface area contributed by atoms with Crippen molar-refractivity contribution < 1.29 is 9.59 Å². The number of benzene rings is 2. The molecule has 1 aliphatic heterocycles. The fraction of sp³-hybridized carbons (Fsp3) is 0.333. The standard InChI is InChI=1S/C21H25BrN4O2/c1-16(27)23-18-9-7-17(8-10-18)15-25-11-4-12-26(14-13-25)21(28)24-20-6-3-2-5-19(20)22/h2-3,5-10H,4,11-15H2,1H3,(H,23,27)(H,24,28). The number of nitrogens with one attached hydrogen (secondary N) is 2. The molecule has 0 spiro atoms. The maximum absolute atomic E-state index is 12.6. The Kier molecular flexibility index (Phi) is 7.06. The second-order valence-electron chi connectivity index (χ2n) is 6.90. The Labute approximate surface area is 174 Å². The zero-order valence-electron chi connectivity index (χ0n) is 16.0. The third-order valence-electron chi connectivity index (χ3n) is 4.67. The van der Waals surface area contributed by atoms with E-state index in [4.69, 9.17) is 0 Å². The minimum Gasteiger partial charge on any atom is -0.326 e. The third-order valence-corrected chi connectivity index (χ3v) is 5.36. The lowest BCUT2D eigenvalue weighted by Gasteiger charge is -2.22. The highest BCUT2D eigenvalue weighted by atomic mass is 79.9. The van der Waals surface area contributed by atoms with E-state index in [1.165, 1.54) is 12.5 Å². The van der Waals surface area contributed by atoms with Crippen molar-refractivity contribution in [3.8, 4) is 0 Å². The molecule has 2 aromatic rings. The van der Waals surface area contributed by atoms with E-state index in [0.717, 1.165) is 48.4 Å². The molecule has 0 saturated carbocycles. The van der Waals surface area contributed by atoms with Gasteiger partial charge in [0.15, 0.2) is 0 Å². The van der Waals surface area contributed by atoms with Crippen LogP contribution in [0.1, 0.15) is 18.9 Å². The van der Waals surface area contributed by atoms with Crippen molar-refractivity contribution in [3.63, 3.8) is 0 Å². The van der Waals surface area contributed by atoms with E-state index >= 15 is 0 Å². The van der Waals surface area contributed by atoms with Crippen LogP contribution in [-0.2, 0) is 11.3 Å². The number of nitrogens with zero attached hydrogens (tertiary/aromatic N) is 2. The van der Waals surface area contributed by atoms with Gasteiger partial charge in [-0.25, -0.2) is 4.79 Å². The summed E-state index contributed by atoms with van der Waals surface area (Å²) in [5.41, 5.74) is 2.79. The van der Waals surface area contributed by atoms with Crippen LogP contribution < -0.4 is 10.6 Å². The Hall–Kier alpha value is -2.38. The molecule has 0 aliphatic carbocycles. The summed E-state index contributed by atoms with van der Waals surface area (Å²) in [6, 6.07) is 15.5. The molecule has 1 saturated heterocycles. The average molecular weight is 445 g/mol. The molecule has 1 heterocycles. The average Bonchev–Trinajstić information content (AvgIpc) is 2.90. The lowest BCUT2D eigenvalue weighted by atomic mass is 10.2. The number of anilines is 2. The first kappa shape index (κ1) is 20.4. The fourth-order valence-corrected chi connectivity index (χ4v) is 3.63. The lowest BCUT2D eigenvalue weighted by molar-refractivity contribution is -0.114. The van der Waals surface area contributed by atoms with E-state index in [2.05, 4.69) is 31.5 Å². The van der Waals surface area contributed by atoms with Crippen molar-refractivity contribution in [1.29, 1.82) is 0 Å². The SMILES string of the molecule is CC(=O)Nc1ccc(CN2CCCN(C(=O)Nc3ccccc3Br)CC2)cc1.